The molecule has 0 aliphatic heterocycles. The summed E-state index contributed by atoms with van der Waals surface area (Å²) in [5, 5.41) is 4.75. The lowest BCUT2D eigenvalue weighted by Crippen LogP contribution is -1.93. The van der Waals surface area contributed by atoms with Crippen LogP contribution in [0.2, 0.25) is 0 Å². The van der Waals surface area contributed by atoms with Gasteiger partial charge in [0.2, 0.25) is 0 Å². The van der Waals surface area contributed by atoms with Crippen molar-refractivity contribution in [3.8, 4) is 0 Å². The average molecular weight is 319 g/mol. The Morgan fingerprint density at radius 1 is 0.600 bits per heavy atom. The molecule has 0 saturated carbocycles. The van der Waals surface area contributed by atoms with Crippen LogP contribution >= 0.6 is 0 Å². The lowest BCUT2D eigenvalue weighted by Gasteiger charge is -2.10. The molecule has 0 saturated heterocycles. The van der Waals surface area contributed by atoms with Crippen molar-refractivity contribution in [3.63, 3.8) is 0 Å². The summed E-state index contributed by atoms with van der Waals surface area (Å²) < 4.78 is 2.32. The number of hydrogen-bond donors (Lipinski definition) is 0. The van der Waals surface area contributed by atoms with Crippen molar-refractivity contribution in [2.24, 2.45) is 0 Å². The van der Waals surface area contributed by atoms with E-state index in [0.29, 0.717) is 0 Å². The van der Waals surface area contributed by atoms with Gasteiger partial charge in [-0.15, -0.1) is 0 Å². The molecule has 6 rings (SSSR count). The van der Waals surface area contributed by atoms with E-state index in [9.17, 15) is 0 Å². The first-order chi connectivity index (χ1) is 12.4. The van der Waals surface area contributed by atoms with E-state index in [4.69, 9.17) is 4.98 Å². The maximum Gasteiger partial charge on any atom is 0.0949 e. The summed E-state index contributed by atoms with van der Waals surface area (Å²) in [6, 6.07) is 23.4. The van der Waals surface area contributed by atoms with Crippen molar-refractivity contribution < 1.29 is 0 Å². The highest BCUT2D eigenvalue weighted by Gasteiger charge is 2.13. The normalized spacial score (nSPS) is 12.0. The summed E-state index contributed by atoms with van der Waals surface area (Å²) >= 11 is 0. The second-order valence-corrected chi connectivity index (χ2v) is 6.39. The van der Waals surface area contributed by atoms with E-state index in [1.807, 2.05) is 24.5 Å². The van der Waals surface area contributed by atoms with Crippen molar-refractivity contribution in [2.75, 3.05) is 0 Å². The van der Waals surface area contributed by atoms with Gasteiger partial charge < -0.3 is 4.40 Å². The predicted octanol–water partition coefficient (Wildman–Crippen LogP) is 5.34. The monoisotopic (exact) mass is 319 g/mol. The molecule has 3 heteroatoms. The fourth-order valence-electron chi connectivity index (χ4n) is 3.93. The van der Waals surface area contributed by atoms with Crippen LogP contribution in [-0.2, 0) is 0 Å². The maximum absolute atomic E-state index is 4.70. The number of rotatable bonds is 0. The Hall–Kier alpha value is -3.46. The SMILES string of the molecule is c1cnc2cc3c(cc2c1)c1cc2ccccc2n1c1cccnc31. The zero-order chi connectivity index (χ0) is 16.4. The van der Waals surface area contributed by atoms with Crippen molar-refractivity contribution in [2.45, 2.75) is 0 Å². The lowest BCUT2D eigenvalue weighted by molar-refractivity contribution is 1.31. The van der Waals surface area contributed by atoms with Crippen LogP contribution in [0, 0.1) is 0 Å². The minimum atomic E-state index is 1.00. The summed E-state index contributed by atoms with van der Waals surface area (Å²) in [5.41, 5.74) is 5.56. The molecule has 0 bridgehead atoms. The van der Waals surface area contributed by atoms with Gasteiger partial charge in [0.25, 0.3) is 0 Å². The molecule has 6 aromatic rings. The van der Waals surface area contributed by atoms with Gasteiger partial charge >= 0.3 is 0 Å². The number of benzene rings is 2. The Balaban J connectivity index is 2.01. The number of pyridine rings is 3. The smallest absolute Gasteiger partial charge is 0.0949 e. The van der Waals surface area contributed by atoms with E-state index in [1.54, 1.807) is 0 Å². The van der Waals surface area contributed by atoms with E-state index in [1.165, 1.54) is 21.8 Å². The molecule has 3 nitrogen and oxygen atoms in total. The highest BCUT2D eigenvalue weighted by atomic mass is 14.9. The van der Waals surface area contributed by atoms with Crippen LogP contribution in [0.15, 0.2) is 79.1 Å². The highest BCUT2D eigenvalue weighted by molar-refractivity contribution is 6.17. The molecule has 25 heavy (non-hydrogen) atoms. The van der Waals surface area contributed by atoms with Gasteiger partial charge in [0, 0.05) is 33.9 Å². The largest absolute Gasteiger partial charge is 0.307 e. The molecule has 116 valence electrons. The molecule has 0 unspecified atom stereocenters. The molecule has 0 amide bonds. The topological polar surface area (TPSA) is 30.2 Å². The number of hydrogen-bond acceptors (Lipinski definition) is 2. The van der Waals surface area contributed by atoms with Gasteiger partial charge in [-0.2, -0.15) is 0 Å². The molecule has 4 aromatic heterocycles. The molecule has 0 atom stereocenters. The van der Waals surface area contributed by atoms with Gasteiger partial charge in [-0.1, -0.05) is 24.3 Å². The number of nitrogens with zero attached hydrogens (tertiary/aromatic N) is 3. The second kappa shape index (κ2) is 4.54. The molecule has 4 heterocycles. The fraction of sp³-hybridized carbons (Fsp3) is 0. The van der Waals surface area contributed by atoms with Gasteiger partial charge in [0.05, 0.1) is 27.6 Å². The van der Waals surface area contributed by atoms with Gasteiger partial charge in [0.1, 0.15) is 0 Å². The van der Waals surface area contributed by atoms with Crippen LogP contribution < -0.4 is 0 Å². The molecule has 0 fully saturated rings. The molecule has 0 N–H and O–H groups in total. The Morgan fingerprint density at radius 3 is 2.40 bits per heavy atom. The average Bonchev–Trinajstić information content (AvgIpc) is 3.07. The van der Waals surface area contributed by atoms with Crippen LogP contribution in [0.25, 0.3) is 49.1 Å². The van der Waals surface area contributed by atoms with E-state index >= 15 is 0 Å². The fourth-order valence-corrected chi connectivity index (χ4v) is 3.93. The minimum Gasteiger partial charge on any atom is -0.307 e. The van der Waals surface area contributed by atoms with Crippen molar-refractivity contribution >= 4 is 49.1 Å². The Kier molecular flexibility index (Phi) is 2.35. The third-order valence-corrected chi connectivity index (χ3v) is 5.01. The van der Waals surface area contributed by atoms with Crippen molar-refractivity contribution in [1.29, 1.82) is 0 Å². The summed E-state index contributed by atoms with van der Waals surface area (Å²) in [7, 11) is 0. The second-order valence-electron chi connectivity index (χ2n) is 6.39. The van der Waals surface area contributed by atoms with Crippen LogP contribution in [0.5, 0.6) is 0 Å². The molecular formula is C22H13N3. The lowest BCUT2D eigenvalue weighted by atomic mass is 10.1. The summed E-state index contributed by atoms with van der Waals surface area (Å²) in [6.45, 7) is 0. The van der Waals surface area contributed by atoms with E-state index in [2.05, 4.69) is 64.0 Å². The van der Waals surface area contributed by atoms with Gasteiger partial charge in [-0.3, -0.25) is 9.97 Å². The Bertz CT molecular complexity index is 1440. The van der Waals surface area contributed by atoms with Crippen molar-refractivity contribution in [1.82, 2.24) is 14.4 Å². The van der Waals surface area contributed by atoms with Crippen LogP contribution in [0.4, 0.5) is 0 Å². The Labute approximate surface area is 143 Å². The van der Waals surface area contributed by atoms with E-state index < -0.39 is 0 Å². The minimum absolute atomic E-state index is 1.00. The third kappa shape index (κ3) is 1.64. The Morgan fingerprint density at radius 2 is 1.40 bits per heavy atom. The number of fused-ring (bicyclic) bond motifs is 9. The molecule has 0 spiro atoms. The molecule has 0 aliphatic rings. The zero-order valence-electron chi connectivity index (χ0n) is 13.3. The first kappa shape index (κ1) is 12.9. The quantitative estimate of drug-likeness (QED) is 0.279. The standard InChI is InChI=1S/C22H13N3/c1-2-7-19-15(5-1)12-21-16-11-14-6-3-9-23-18(14)13-17(16)22-20(25(19)21)8-4-10-24-22/h1-13H. The van der Waals surface area contributed by atoms with Crippen molar-refractivity contribution in [3.05, 3.63) is 79.1 Å². The summed E-state index contributed by atoms with van der Waals surface area (Å²) in [4.78, 5) is 9.23. The zero-order valence-corrected chi connectivity index (χ0v) is 13.3. The predicted molar refractivity (Wildman–Crippen MR) is 103 cm³/mol. The van der Waals surface area contributed by atoms with E-state index in [0.717, 1.165) is 27.3 Å². The molecule has 0 radical (unpaired) electrons. The first-order valence-electron chi connectivity index (χ1n) is 8.35. The van der Waals surface area contributed by atoms with Gasteiger partial charge in [-0.25, -0.2) is 0 Å². The molecule has 0 aliphatic carbocycles. The van der Waals surface area contributed by atoms with E-state index in [-0.39, 0.29) is 0 Å². The number of aromatic nitrogens is 3. The maximum atomic E-state index is 4.70. The molecule has 2 aromatic carbocycles. The highest BCUT2D eigenvalue weighted by Crippen LogP contribution is 2.34. The third-order valence-electron chi connectivity index (χ3n) is 5.01. The molecular weight excluding hydrogens is 306 g/mol. The first-order valence-corrected chi connectivity index (χ1v) is 8.35. The van der Waals surface area contributed by atoms with Crippen LogP contribution in [0.1, 0.15) is 0 Å². The number of para-hydroxylation sites is 1. The van der Waals surface area contributed by atoms with Crippen LogP contribution in [-0.4, -0.2) is 14.4 Å². The summed E-state index contributed by atoms with van der Waals surface area (Å²) in [6.07, 6.45) is 3.70. The summed E-state index contributed by atoms with van der Waals surface area (Å²) in [5.74, 6) is 0. The van der Waals surface area contributed by atoms with Gasteiger partial charge in [0.15, 0.2) is 0 Å². The van der Waals surface area contributed by atoms with Crippen LogP contribution in [0.3, 0.4) is 0 Å². The van der Waals surface area contributed by atoms with Gasteiger partial charge in [-0.05, 0) is 42.5 Å².